The van der Waals surface area contributed by atoms with Gasteiger partial charge in [-0.2, -0.15) is 0 Å². The van der Waals surface area contributed by atoms with E-state index in [9.17, 15) is 0 Å². The predicted octanol–water partition coefficient (Wildman–Crippen LogP) is 2.20. The van der Waals surface area contributed by atoms with Crippen LogP contribution in [-0.4, -0.2) is 49.6 Å². The van der Waals surface area contributed by atoms with Gasteiger partial charge in [-0.25, -0.2) is 0 Å². The fourth-order valence-corrected chi connectivity index (χ4v) is 2.22. The monoisotopic (exact) mass is 198 g/mol. The Bertz CT molecular complexity index is 130. The number of hydrogen-bond acceptors (Lipinski definition) is 2. The predicted molar refractivity (Wildman–Crippen MR) is 62.7 cm³/mol. The van der Waals surface area contributed by atoms with Crippen LogP contribution < -0.4 is 0 Å². The normalized spacial score (nSPS) is 18.2. The summed E-state index contributed by atoms with van der Waals surface area (Å²) in [5.74, 6) is 0. The van der Waals surface area contributed by atoms with Crippen molar-refractivity contribution in [3.05, 3.63) is 0 Å². The largest absolute Gasteiger partial charge is 0.306 e. The molecule has 2 nitrogen and oxygen atoms in total. The van der Waals surface area contributed by atoms with E-state index in [1.54, 1.807) is 0 Å². The third kappa shape index (κ3) is 4.97. The molecule has 0 aromatic heterocycles. The van der Waals surface area contributed by atoms with Crippen molar-refractivity contribution < 1.29 is 0 Å². The highest BCUT2D eigenvalue weighted by molar-refractivity contribution is 4.65. The van der Waals surface area contributed by atoms with Crippen LogP contribution in [0.4, 0.5) is 0 Å². The molecule has 1 saturated heterocycles. The maximum absolute atomic E-state index is 2.61. The molecule has 1 aliphatic heterocycles. The van der Waals surface area contributed by atoms with E-state index in [0.717, 1.165) is 0 Å². The SMILES string of the molecule is CCCN(C)CCCCN1CCCC1. The Morgan fingerprint density at radius 2 is 1.79 bits per heavy atom. The zero-order chi connectivity index (χ0) is 10.2. The van der Waals surface area contributed by atoms with Crippen LogP contribution >= 0.6 is 0 Å². The van der Waals surface area contributed by atoms with E-state index in [0.29, 0.717) is 0 Å². The molecule has 0 unspecified atom stereocenters. The molecule has 0 aromatic carbocycles. The third-order valence-electron chi connectivity index (χ3n) is 3.07. The number of likely N-dealkylation sites (tertiary alicyclic amines) is 1. The fraction of sp³-hybridized carbons (Fsp3) is 1.00. The van der Waals surface area contributed by atoms with Crippen molar-refractivity contribution in [1.29, 1.82) is 0 Å². The van der Waals surface area contributed by atoms with Crippen LogP contribution in [0.5, 0.6) is 0 Å². The number of rotatable bonds is 7. The third-order valence-corrected chi connectivity index (χ3v) is 3.07. The van der Waals surface area contributed by atoms with E-state index in [1.165, 1.54) is 64.8 Å². The second kappa shape index (κ2) is 7.24. The van der Waals surface area contributed by atoms with E-state index in [2.05, 4.69) is 23.8 Å². The highest BCUT2D eigenvalue weighted by Gasteiger charge is 2.10. The van der Waals surface area contributed by atoms with Crippen LogP contribution in [-0.2, 0) is 0 Å². The highest BCUT2D eigenvalue weighted by atomic mass is 15.1. The Balaban J connectivity index is 1.88. The summed E-state index contributed by atoms with van der Waals surface area (Å²) in [6.07, 6.45) is 6.88. The molecule has 1 rings (SSSR count). The van der Waals surface area contributed by atoms with Gasteiger partial charge in [-0.3, -0.25) is 0 Å². The summed E-state index contributed by atoms with van der Waals surface area (Å²) in [7, 11) is 2.24. The average molecular weight is 198 g/mol. The van der Waals surface area contributed by atoms with Gasteiger partial charge in [0.05, 0.1) is 0 Å². The molecule has 0 atom stereocenters. The standard InChI is InChI=1S/C12H26N2/c1-3-8-13(2)9-4-5-10-14-11-6-7-12-14/h3-12H2,1-2H3. The smallest absolute Gasteiger partial charge is 0.00183 e. The van der Waals surface area contributed by atoms with E-state index >= 15 is 0 Å². The molecule has 0 amide bonds. The first kappa shape index (κ1) is 12.0. The van der Waals surface area contributed by atoms with Gasteiger partial charge in [0.2, 0.25) is 0 Å². The Kier molecular flexibility index (Phi) is 6.20. The second-order valence-corrected chi connectivity index (χ2v) is 4.56. The molecule has 0 bridgehead atoms. The number of hydrogen-bond donors (Lipinski definition) is 0. The van der Waals surface area contributed by atoms with E-state index < -0.39 is 0 Å². The van der Waals surface area contributed by atoms with Crippen molar-refractivity contribution in [3.63, 3.8) is 0 Å². The van der Waals surface area contributed by atoms with Gasteiger partial charge < -0.3 is 9.80 Å². The molecule has 0 N–H and O–H groups in total. The highest BCUT2D eigenvalue weighted by Crippen LogP contribution is 2.08. The molecule has 0 aromatic rings. The summed E-state index contributed by atoms with van der Waals surface area (Å²) in [6.45, 7) is 8.82. The molecule has 14 heavy (non-hydrogen) atoms. The van der Waals surface area contributed by atoms with Crippen LogP contribution in [0.1, 0.15) is 39.0 Å². The van der Waals surface area contributed by atoms with Crippen molar-refractivity contribution >= 4 is 0 Å². The topological polar surface area (TPSA) is 6.48 Å². The van der Waals surface area contributed by atoms with Crippen LogP contribution in [0.3, 0.4) is 0 Å². The van der Waals surface area contributed by atoms with Crippen molar-refractivity contribution in [1.82, 2.24) is 9.80 Å². The van der Waals surface area contributed by atoms with Gasteiger partial charge >= 0.3 is 0 Å². The molecule has 84 valence electrons. The van der Waals surface area contributed by atoms with Gasteiger partial charge in [0, 0.05) is 0 Å². The molecule has 0 aliphatic carbocycles. The minimum absolute atomic E-state index is 1.25. The molecule has 1 heterocycles. The Morgan fingerprint density at radius 1 is 1.07 bits per heavy atom. The fourth-order valence-electron chi connectivity index (χ4n) is 2.22. The van der Waals surface area contributed by atoms with Gasteiger partial charge in [-0.05, 0) is 71.9 Å². The van der Waals surface area contributed by atoms with Crippen molar-refractivity contribution in [2.24, 2.45) is 0 Å². The van der Waals surface area contributed by atoms with Crippen LogP contribution in [0.2, 0.25) is 0 Å². The lowest BCUT2D eigenvalue weighted by molar-refractivity contribution is 0.294. The molecular formula is C12H26N2. The molecule has 1 fully saturated rings. The Hall–Kier alpha value is -0.0800. The Morgan fingerprint density at radius 3 is 2.43 bits per heavy atom. The molecule has 2 heteroatoms. The van der Waals surface area contributed by atoms with Crippen LogP contribution in [0.25, 0.3) is 0 Å². The molecule has 0 saturated carbocycles. The second-order valence-electron chi connectivity index (χ2n) is 4.56. The van der Waals surface area contributed by atoms with Crippen LogP contribution in [0, 0.1) is 0 Å². The molecule has 0 spiro atoms. The van der Waals surface area contributed by atoms with Gasteiger partial charge in [-0.1, -0.05) is 6.92 Å². The molecule has 0 radical (unpaired) electrons. The minimum Gasteiger partial charge on any atom is -0.306 e. The van der Waals surface area contributed by atoms with Crippen LogP contribution in [0.15, 0.2) is 0 Å². The number of nitrogens with zero attached hydrogens (tertiary/aromatic N) is 2. The first-order valence-corrected chi connectivity index (χ1v) is 6.24. The summed E-state index contributed by atoms with van der Waals surface area (Å²) in [5.41, 5.74) is 0. The molecule has 1 aliphatic rings. The summed E-state index contributed by atoms with van der Waals surface area (Å²) in [6, 6.07) is 0. The Labute approximate surface area is 89.3 Å². The summed E-state index contributed by atoms with van der Waals surface area (Å²) in [4.78, 5) is 5.06. The van der Waals surface area contributed by atoms with Crippen molar-refractivity contribution in [2.45, 2.75) is 39.0 Å². The van der Waals surface area contributed by atoms with Crippen molar-refractivity contribution in [3.8, 4) is 0 Å². The quantitative estimate of drug-likeness (QED) is 0.579. The van der Waals surface area contributed by atoms with Gasteiger partial charge in [0.25, 0.3) is 0 Å². The summed E-state index contributed by atoms with van der Waals surface area (Å²) >= 11 is 0. The van der Waals surface area contributed by atoms with Gasteiger partial charge in [0.15, 0.2) is 0 Å². The zero-order valence-electron chi connectivity index (χ0n) is 9.97. The number of unbranched alkanes of at least 4 members (excludes halogenated alkanes) is 1. The molecular weight excluding hydrogens is 172 g/mol. The van der Waals surface area contributed by atoms with Gasteiger partial charge in [0.1, 0.15) is 0 Å². The first-order valence-electron chi connectivity index (χ1n) is 6.24. The lowest BCUT2D eigenvalue weighted by Gasteiger charge is -2.17. The van der Waals surface area contributed by atoms with E-state index in [1.807, 2.05) is 0 Å². The summed E-state index contributed by atoms with van der Waals surface area (Å²) in [5, 5.41) is 0. The summed E-state index contributed by atoms with van der Waals surface area (Å²) < 4.78 is 0. The maximum atomic E-state index is 2.61. The zero-order valence-corrected chi connectivity index (χ0v) is 9.97. The lowest BCUT2D eigenvalue weighted by atomic mass is 10.2. The van der Waals surface area contributed by atoms with Crippen molar-refractivity contribution in [2.75, 3.05) is 39.8 Å². The van der Waals surface area contributed by atoms with Gasteiger partial charge in [-0.15, -0.1) is 0 Å². The minimum atomic E-state index is 1.25. The van der Waals surface area contributed by atoms with E-state index in [-0.39, 0.29) is 0 Å². The first-order chi connectivity index (χ1) is 6.83. The van der Waals surface area contributed by atoms with E-state index in [4.69, 9.17) is 0 Å². The average Bonchev–Trinajstić information content (AvgIpc) is 2.65. The lowest BCUT2D eigenvalue weighted by Crippen LogP contribution is -2.23. The maximum Gasteiger partial charge on any atom is -0.00183 e.